The summed E-state index contributed by atoms with van der Waals surface area (Å²) in [4.78, 5) is 42.8. The van der Waals surface area contributed by atoms with E-state index in [4.69, 9.17) is 16.2 Å². The summed E-state index contributed by atoms with van der Waals surface area (Å²) < 4.78 is 64.7. The lowest BCUT2D eigenvalue weighted by atomic mass is 9.84. The van der Waals surface area contributed by atoms with Gasteiger partial charge < -0.3 is 36.1 Å². The van der Waals surface area contributed by atoms with E-state index in [1.807, 2.05) is 0 Å². The number of aliphatic hydroxyl groups is 1. The number of nitrogen functional groups attached to an aromatic ring is 1. The Hall–Kier alpha value is -4.90. The molecule has 1 aliphatic heterocycles. The van der Waals surface area contributed by atoms with Crippen LogP contribution in [0.4, 0.5) is 29.1 Å². The Morgan fingerprint density at radius 2 is 1.88 bits per heavy atom. The van der Waals surface area contributed by atoms with Gasteiger partial charge in [-0.05, 0) is 36.5 Å². The number of imidazole rings is 1. The monoisotopic (exact) mass is 673 g/mol. The summed E-state index contributed by atoms with van der Waals surface area (Å²) in [5.41, 5.74) is 12.0. The first-order valence-electron chi connectivity index (χ1n) is 15.1. The molecule has 0 radical (unpaired) electrons. The number of alkyl halides is 2. The standard InChI is InChI=1S/C31H35F4N9O4/c1-15(2)24(42-16(3)45)30(47)48-23-9-19(32)18(8-20(23)33)21-7-17(11-44-14-41-25-28(36)39-13-40-29(25)44)22(10-38-21)43-6-4-5-31(37,12-43)26(46)27(34)35/h7-10,13-15,24,26-27,46H,4-6,11-12,37H2,1-3H3,(H,42,45)(H2,36,39,40)/t24?,26-,31-/m1/s1. The van der Waals surface area contributed by atoms with E-state index in [0.29, 0.717) is 41.4 Å². The summed E-state index contributed by atoms with van der Waals surface area (Å²) in [5, 5.41) is 12.7. The lowest BCUT2D eigenvalue weighted by Crippen LogP contribution is -2.63. The Balaban J connectivity index is 1.53. The second-order valence-corrected chi connectivity index (χ2v) is 12.1. The Labute approximate surface area is 272 Å². The molecule has 0 aliphatic carbocycles. The van der Waals surface area contributed by atoms with E-state index in [1.54, 1.807) is 23.3 Å². The predicted molar refractivity (Wildman–Crippen MR) is 167 cm³/mol. The summed E-state index contributed by atoms with van der Waals surface area (Å²) in [6.07, 6.45) is -0.467. The minimum atomic E-state index is -3.06. The fourth-order valence-corrected chi connectivity index (χ4v) is 5.75. The van der Waals surface area contributed by atoms with Gasteiger partial charge in [0.05, 0.1) is 36.0 Å². The summed E-state index contributed by atoms with van der Waals surface area (Å²) in [6.45, 7) is 4.84. The van der Waals surface area contributed by atoms with E-state index in [0.717, 1.165) is 6.07 Å². The highest BCUT2D eigenvalue weighted by atomic mass is 19.3. The number of halogens is 4. The predicted octanol–water partition coefficient (Wildman–Crippen LogP) is 2.79. The topological polar surface area (TPSA) is 187 Å². The molecule has 1 aromatic carbocycles. The van der Waals surface area contributed by atoms with Crippen molar-refractivity contribution in [1.29, 1.82) is 0 Å². The van der Waals surface area contributed by atoms with Crippen LogP contribution in [0.1, 0.15) is 39.2 Å². The second kappa shape index (κ2) is 13.7. The largest absolute Gasteiger partial charge is 0.422 e. The van der Waals surface area contributed by atoms with Crippen molar-refractivity contribution in [3.8, 4) is 17.0 Å². The number of ether oxygens (including phenoxy) is 1. The molecular formula is C31H35F4N9O4. The lowest BCUT2D eigenvalue weighted by Gasteiger charge is -2.44. The van der Waals surface area contributed by atoms with Crippen molar-refractivity contribution in [1.82, 2.24) is 29.8 Å². The number of carbonyl (C=O) groups is 2. The van der Waals surface area contributed by atoms with Gasteiger partial charge in [0.1, 0.15) is 29.8 Å². The number of amides is 1. The van der Waals surface area contributed by atoms with E-state index in [9.17, 15) is 23.5 Å². The van der Waals surface area contributed by atoms with Gasteiger partial charge in [0, 0.05) is 31.6 Å². The third kappa shape index (κ3) is 7.01. The molecule has 256 valence electrons. The van der Waals surface area contributed by atoms with E-state index in [2.05, 4.69) is 25.3 Å². The number of anilines is 2. The second-order valence-electron chi connectivity index (χ2n) is 12.1. The molecule has 0 spiro atoms. The van der Waals surface area contributed by atoms with Crippen molar-refractivity contribution in [3.63, 3.8) is 0 Å². The molecule has 48 heavy (non-hydrogen) atoms. The van der Waals surface area contributed by atoms with Gasteiger partial charge in [-0.3, -0.25) is 9.78 Å². The van der Waals surface area contributed by atoms with Crippen LogP contribution in [-0.4, -0.2) is 78.7 Å². The first-order chi connectivity index (χ1) is 22.7. The molecule has 0 bridgehead atoms. The number of carbonyl (C=O) groups excluding carboxylic acids is 2. The first-order valence-corrected chi connectivity index (χ1v) is 15.1. The summed E-state index contributed by atoms with van der Waals surface area (Å²) >= 11 is 0. The SMILES string of the molecule is CC(=O)NC(C(=O)Oc1cc(F)c(-c2cc(Cn3cnc4c(N)ncnc43)c(N3CCC[C@](N)([C@H](O)C(F)F)C3)cn2)cc1F)C(C)C. The summed E-state index contributed by atoms with van der Waals surface area (Å²) in [5.74, 6) is -4.41. The third-order valence-corrected chi connectivity index (χ3v) is 8.25. The maximum Gasteiger partial charge on any atom is 0.334 e. The highest BCUT2D eigenvalue weighted by Gasteiger charge is 2.43. The number of aliphatic hydroxyl groups excluding tert-OH is 1. The van der Waals surface area contributed by atoms with E-state index in [1.165, 1.54) is 31.8 Å². The number of esters is 1. The Kier molecular flexibility index (Phi) is 9.81. The smallest absolute Gasteiger partial charge is 0.334 e. The number of aromatic nitrogens is 5. The Morgan fingerprint density at radius 3 is 2.56 bits per heavy atom. The van der Waals surface area contributed by atoms with Crippen LogP contribution in [0.3, 0.4) is 0 Å². The van der Waals surface area contributed by atoms with Crippen molar-refractivity contribution in [2.24, 2.45) is 11.7 Å². The molecular weight excluding hydrogens is 638 g/mol. The molecule has 1 amide bonds. The molecule has 3 atom stereocenters. The minimum absolute atomic E-state index is 0.00327. The molecule has 5 rings (SSSR count). The number of piperidine rings is 1. The van der Waals surface area contributed by atoms with E-state index in [-0.39, 0.29) is 36.6 Å². The van der Waals surface area contributed by atoms with E-state index < -0.39 is 59.3 Å². The molecule has 1 fully saturated rings. The van der Waals surface area contributed by atoms with Crippen molar-refractivity contribution >= 4 is 34.5 Å². The third-order valence-electron chi connectivity index (χ3n) is 8.25. The lowest BCUT2D eigenvalue weighted by molar-refractivity contribution is -0.140. The molecule has 6 N–H and O–H groups in total. The average molecular weight is 674 g/mol. The zero-order valence-electron chi connectivity index (χ0n) is 26.3. The zero-order valence-corrected chi connectivity index (χ0v) is 26.3. The van der Waals surface area contributed by atoms with Gasteiger partial charge in [0.15, 0.2) is 23.0 Å². The molecule has 1 unspecified atom stereocenters. The van der Waals surface area contributed by atoms with Crippen molar-refractivity contribution in [3.05, 3.63) is 54.2 Å². The maximum atomic E-state index is 15.6. The van der Waals surface area contributed by atoms with Gasteiger partial charge in [0.25, 0.3) is 6.43 Å². The number of hydrogen-bond donors (Lipinski definition) is 4. The summed E-state index contributed by atoms with van der Waals surface area (Å²) in [7, 11) is 0. The minimum Gasteiger partial charge on any atom is -0.422 e. The molecule has 4 heterocycles. The number of pyridine rings is 1. The molecule has 0 saturated carbocycles. The van der Waals surface area contributed by atoms with Gasteiger partial charge in [0.2, 0.25) is 5.91 Å². The number of nitrogens with zero attached hydrogens (tertiary/aromatic N) is 6. The maximum absolute atomic E-state index is 15.6. The van der Waals surface area contributed by atoms with Crippen LogP contribution < -0.4 is 26.4 Å². The van der Waals surface area contributed by atoms with Crippen LogP contribution in [0.5, 0.6) is 5.75 Å². The molecule has 13 nitrogen and oxygen atoms in total. The normalized spacial score (nSPS) is 17.9. The number of benzene rings is 1. The molecule has 3 aromatic heterocycles. The van der Waals surface area contributed by atoms with Crippen molar-refractivity contribution in [2.45, 2.75) is 64.3 Å². The van der Waals surface area contributed by atoms with Gasteiger partial charge in [-0.25, -0.2) is 37.3 Å². The fraction of sp³-hybridized carbons (Fsp3) is 0.419. The van der Waals surface area contributed by atoms with Crippen molar-refractivity contribution in [2.75, 3.05) is 23.7 Å². The fourth-order valence-electron chi connectivity index (χ4n) is 5.75. The van der Waals surface area contributed by atoms with Crippen LogP contribution in [-0.2, 0) is 16.1 Å². The van der Waals surface area contributed by atoms with Gasteiger partial charge in [-0.15, -0.1) is 0 Å². The van der Waals surface area contributed by atoms with Gasteiger partial charge >= 0.3 is 5.97 Å². The number of hydrogen-bond acceptors (Lipinski definition) is 11. The van der Waals surface area contributed by atoms with Crippen LogP contribution >= 0.6 is 0 Å². The zero-order chi connectivity index (χ0) is 34.9. The Bertz CT molecular complexity index is 1840. The van der Waals surface area contributed by atoms with Gasteiger partial charge in [-0.1, -0.05) is 13.8 Å². The number of nitrogens with one attached hydrogen (secondary N) is 1. The number of nitrogens with two attached hydrogens (primary N) is 2. The molecule has 1 saturated heterocycles. The van der Waals surface area contributed by atoms with Crippen LogP contribution in [0.2, 0.25) is 0 Å². The highest BCUT2D eigenvalue weighted by molar-refractivity contribution is 5.85. The Morgan fingerprint density at radius 1 is 1.12 bits per heavy atom. The van der Waals surface area contributed by atoms with Crippen LogP contribution in [0, 0.1) is 17.6 Å². The quantitative estimate of drug-likeness (QED) is 0.110. The van der Waals surface area contributed by atoms with Crippen molar-refractivity contribution < 1.29 is 37.0 Å². The van der Waals surface area contributed by atoms with E-state index >= 15 is 8.78 Å². The highest BCUT2D eigenvalue weighted by Crippen LogP contribution is 2.35. The number of fused-ring (bicyclic) bond motifs is 1. The number of rotatable bonds is 10. The molecule has 1 aliphatic rings. The molecule has 4 aromatic rings. The van der Waals surface area contributed by atoms with Crippen LogP contribution in [0.15, 0.2) is 37.1 Å². The first kappa shape index (κ1) is 34.4. The van der Waals surface area contributed by atoms with Crippen LogP contribution in [0.25, 0.3) is 22.4 Å². The molecule has 17 heteroatoms. The van der Waals surface area contributed by atoms with Gasteiger partial charge in [-0.2, -0.15) is 0 Å². The summed E-state index contributed by atoms with van der Waals surface area (Å²) in [6, 6.07) is 1.95. The average Bonchev–Trinajstić information content (AvgIpc) is 3.44.